The van der Waals surface area contributed by atoms with E-state index in [9.17, 15) is 19.2 Å². The second-order valence-corrected chi connectivity index (χ2v) is 13.3. The first-order valence-corrected chi connectivity index (χ1v) is 17.3. The molecule has 0 aliphatic carbocycles. The fraction of sp³-hybridized carbons (Fsp3) is 0.216. The molecule has 0 N–H and O–H groups in total. The van der Waals surface area contributed by atoms with E-state index in [0.717, 1.165) is 5.75 Å². The molecule has 0 amide bonds. The third-order valence-electron chi connectivity index (χ3n) is 7.51. The Morgan fingerprint density at radius 1 is 0.612 bits per heavy atom. The summed E-state index contributed by atoms with van der Waals surface area (Å²) in [4.78, 5) is 58.4. The maximum Gasteiger partial charge on any atom is 0.338 e. The second-order valence-electron chi connectivity index (χ2n) is 10.8. The van der Waals surface area contributed by atoms with Crippen molar-refractivity contribution in [2.75, 3.05) is 18.9 Å². The van der Waals surface area contributed by atoms with Gasteiger partial charge in [0.25, 0.3) is 0 Å². The predicted molar refractivity (Wildman–Crippen MR) is 185 cm³/mol. The molecule has 49 heavy (non-hydrogen) atoms. The van der Waals surface area contributed by atoms with Gasteiger partial charge in [0.05, 0.1) is 28.8 Å². The van der Waals surface area contributed by atoms with Crippen molar-refractivity contribution in [2.45, 2.75) is 29.9 Å². The highest BCUT2D eigenvalue weighted by Gasteiger charge is 2.53. The van der Waals surface area contributed by atoms with Crippen LogP contribution in [0.25, 0.3) is 0 Å². The molecule has 0 aromatic heterocycles. The highest BCUT2D eigenvalue weighted by Crippen LogP contribution is 2.38. The Labute approximate surface area is 291 Å². The molecule has 0 saturated carbocycles. The van der Waals surface area contributed by atoms with Gasteiger partial charge in [-0.15, -0.1) is 0 Å². The minimum absolute atomic E-state index is 0.224. The average molecular weight is 698 g/mol. The van der Waals surface area contributed by atoms with Crippen LogP contribution in [0.2, 0.25) is 0 Å². The lowest BCUT2D eigenvalue weighted by atomic mass is 9.98. The van der Waals surface area contributed by atoms with E-state index >= 15 is 0 Å². The van der Waals surface area contributed by atoms with Gasteiger partial charge >= 0.3 is 23.9 Å². The molecule has 2 aliphatic rings. The SMILES string of the molecule is O=C(OC[C@H]1O[C@@H](SC2=NCCS2)[C@H](OC(=O)c2ccccc2)[C@@H](OC(=O)c2ccccc2)[C@@H]1OC(=O)c1ccccc1)c1ccccc1. The number of nitrogens with zero attached hydrogens (tertiary/aromatic N) is 1. The van der Waals surface area contributed by atoms with Crippen molar-refractivity contribution >= 4 is 51.8 Å². The Morgan fingerprint density at radius 3 is 1.49 bits per heavy atom. The molecular weight excluding hydrogens is 667 g/mol. The molecule has 250 valence electrons. The van der Waals surface area contributed by atoms with E-state index in [-0.39, 0.29) is 23.3 Å². The molecule has 0 bridgehead atoms. The zero-order chi connectivity index (χ0) is 34.0. The van der Waals surface area contributed by atoms with E-state index < -0.39 is 53.7 Å². The van der Waals surface area contributed by atoms with Gasteiger partial charge in [0.15, 0.2) is 23.7 Å². The monoisotopic (exact) mass is 697 g/mol. The van der Waals surface area contributed by atoms with Crippen molar-refractivity contribution in [3.8, 4) is 0 Å². The van der Waals surface area contributed by atoms with Crippen molar-refractivity contribution < 1.29 is 42.9 Å². The topological polar surface area (TPSA) is 127 Å². The summed E-state index contributed by atoms with van der Waals surface area (Å²) >= 11 is 2.70. The summed E-state index contributed by atoms with van der Waals surface area (Å²) in [5, 5.41) is 0. The lowest BCUT2D eigenvalue weighted by Crippen LogP contribution is -2.62. The van der Waals surface area contributed by atoms with Gasteiger partial charge in [-0.3, -0.25) is 4.99 Å². The van der Waals surface area contributed by atoms with E-state index in [1.54, 1.807) is 121 Å². The summed E-state index contributed by atoms with van der Waals surface area (Å²) < 4.78 is 31.1. The van der Waals surface area contributed by atoms with Crippen LogP contribution in [0.5, 0.6) is 0 Å². The van der Waals surface area contributed by atoms with Gasteiger partial charge in [0.1, 0.15) is 17.1 Å². The number of aliphatic imine (C=N–C) groups is 1. The number of hydrogen-bond donors (Lipinski definition) is 0. The van der Waals surface area contributed by atoms with Crippen molar-refractivity contribution in [3.63, 3.8) is 0 Å². The quantitative estimate of drug-likeness (QED) is 0.141. The summed E-state index contributed by atoms with van der Waals surface area (Å²) in [5.41, 5.74) is 0.00542. The van der Waals surface area contributed by atoms with Gasteiger partial charge in [-0.2, -0.15) is 0 Å². The van der Waals surface area contributed by atoms with E-state index in [1.165, 1.54) is 23.5 Å². The maximum atomic E-state index is 13.7. The number of carbonyl (C=O) groups is 4. The number of ether oxygens (including phenoxy) is 5. The largest absolute Gasteiger partial charge is 0.459 e. The zero-order valence-electron chi connectivity index (χ0n) is 26.0. The van der Waals surface area contributed by atoms with Gasteiger partial charge in [-0.25, -0.2) is 19.2 Å². The van der Waals surface area contributed by atoms with Crippen molar-refractivity contribution in [2.24, 2.45) is 4.99 Å². The Balaban J connectivity index is 1.39. The Morgan fingerprint density at radius 2 is 1.04 bits per heavy atom. The van der Waals surface area contributed by atoms with Crippen molar-refractivity contribution in [1.29, 1.82) is 0 Å². The van der Waals surface area contributed by atoms with Crippen LogP contribution in [0, 0.1) is 0 Å². The first kappa shape index (κ1) is 34.0. The summed E-state index contributed by atoms with van der Waals surface area (Å²) in [6.45, 7) is 0.214. The molecule has 1 saturated heterocycles. The molecule has 2 heterocycles. The molecular formula is C37H31NO9S2. The molecule has 6 rings (SSSR count). The first-order chi connectivity index (χ1) is 24.0. The third kappa shape index (κ3) is 8.77. The fourth-order valence-corrected chi connectivity index (χ4v) is 7.36. The van der Waals surface area contributed by atoms with Crippen LogP contribution in [0.1, 0.15) is 41.4 Å². The van der Waals surface area contributed by atoms with Crippen LogP contribution in [0.15, 0.2) is 126 Å². The molecule has 5 atom stereocenters. The van der Waals surface area contributed by atoms with Gasteiger partial charge in [-0.1, -0.05) is 96.3 Å². The number of carbonyl (C=O) groups excluding carboxylic acids is 4. The molecule has 10 nitrogen and oxygen atoms in total. The highest BCUT2D eigenvalue weighted by molar-refractivity contribution is 8.39. The van der Waals surface area contributed by atoms with Gasteiger partial charge in [0.2, 0.25) is 0 Å². The smallest absolute Gasteiger partial charge is 0.338 e. The van der Waals surface area contributed by atoms with Crippen LogP contribution in [0.3, 0.4) is 0 Å². The van der Waals surface area contributed by atoms with Gasteiger partial charge in [-0.05, 0) is 48.5 Å². The average Bonchev–Trinajstić information content (AvgIpc) is 3.67. The Kier molecular flexibility index (Phi) is 11.4. The van der Waals surface area contributed by atoms with Gasteiger partial charge in [0, 0.05) is 5.75 Å². The normalized spacial score (nSPS) is 21.6. The van der Waals surface area contributed by atoms with Crippen molar-refractivity contribution in [3.05, 3.63) is 144 Å². The highest BCUT2D eigenvalue weighted by atomic mass is 32.2. The molecule has 4 aromatic carbocycles. The molecule has 2 aliphatic heterocycles. The van der Waals surface area contributed by atoms with Gasteiger partial charge < -0.3 is 23.7 Å². The second kappa shape index (κ2) is 16.5. The summed E-state index contributed by atoms with van der Waals surface area (Å²) in [7, 11) is 0. The maximum absolute atomic E-state index is 13.7. The van der Waals surface area contributed by atoms with E-state index in [2.05, 4.69) is 4.99 Å². The number of rotatable bonds is 10. The predicted octanol–water partition coefficient (Wildman–Crippen LogP) is 6.08. The number of hydrogen-bond acceptors (Lipinski definition) is 12. The standard InChI is InChI=1S/C37H31NO9S2/c39-32(24-13-5-1-6-14-24)43-23-28-29(45-33(40)25-15-7-2-8-16-25)30(46-34(41)26-17-9-3-10-18-26)31(36(44-28)49-37-38-21-22-48-37)47-35(42)27-19-11-4-12-20-27/h1-20,28-31,36H,21-23H2/t28-,29-,30+,31-,36+/m1/s1. The lowest BCUT2D eigenvalue weighted by Gasteiger charge is -2.44. The Bertz CT molecular complexity index is 1780. The molecule has 0 spiro atoms. The summed E-state index contributed by atoms with van der Waals surface area (Å²) in [5.74, 6) is -2.07. The first-order valence-electron chi connectivity index (χ1n) is 15.5. The fourth-order valence-electron chi connectivity index (χ4n) is 5.11. The summed E-state index contributed by atoms with van der Waals surface area (Å²) in [6.07, 6.45) is -5.21. The molecule has 1 fully saturated rings. The molecule has 4 aromatic rings. The van der Waals surface area contributed by atoms with Crippen LogP contribution in [-0.2, 0) is 23.7 Å². The van der Waals surface area contributed by atoms with E-state index in [1.807, 2.05) is 0 Å². The molecule has 0 radical (unpaired) electrons. The van der Waals surface area contributed by atoms with Crippen LogP contribution in [0.4, 0.5) is 0 Å². The van der Waals surface area contributed by atoms with Crippen molar-refractivity contribution in [1.82, 2.24) is 0 Å². The number of esters is 4. The van der Waals surface area contributed by atoms with Crippen LogP contribution < -0.4 is 0 Å². The third-order valence-corrected chi connectivity index (χ3v) is 9.86. The number of thioether (sulfide) groups is 2. The number of benzene rings is 4. The minimum Gasteiger partial charge on any atom is -0.459 e. The van der Waals surface area contributed by atoms with Crippen LogP contribution >= 0.6 is 23.5 Å². The zero-order valence-corrected chi connectivity index (χ0v) is 27.6. The molecule has 12 heteroatoms. The Hall–Kier alpha value is -4.91. The summed E-state index contributed by atoms with van der Waals surface area (Å²) in [6, 6.07) is 33.2. The lowest BCUT2D eigenvalue weighted by molar-refractivity contribution is -0.207. The molecule has 0 unspecified atom stereocenters. The van der Waals surface area contributed by atoms with E-state index in [0.29, 0.717) is 16.5 Å². The van der Waals surface area contributed by atoms with Crippen LogP contribution in [-0.4, -0.2) is 77.0 Å². The minimum atomic E-state index is -1.40. The van der Waals surface area contributed by atoms with E-state index in [4.69, 9.17) is 23.7 Å².